The first-order valence-electron chi connectivity index (χ1n) is 4.40. The summed E-state index contributed by atoms with van der Waals surface area (Å²) in [6.45, 7) is 0. The molecule has 0 bridgehead atoms. The predicted molar refractivity (Wildman–Crippen MR) is 57.5 cm³/mol. The Morgan fingerprint density at radius 3 is 2.62 bits per heavy atom. The Hall–Kier alpha value is -1.26. The van der Waals surface area contributed by atoms with Gasteiger partial charge in [0.15, 0.2) is 5.78 Å². The van der Waals surface area contributed by atoms with Crippen LogP contribution in [-0.2, 0) is 4.79 Å². The third-order valence-corrected chi connectivity index (χ3v) is 2.96. The van der Waals surface area contributed by atoms with Crippen molar-refractivity contribution in [2.24, 2.45) is 0 Å². The van der Waals surface area contributed by atoms with Gasteiger partial charge in [0.05, 0.1) is 22.0 Å². The van der Waals surface area contributed by atoms with E-state index in [2.05, 4.69) is 0 Å². The summed E-state index contributed by atoms with van der Waals surface area (Å²) >= 11 is 11.5. The van der Waals surface area contributed by atoms with E-state index in [-0.39, 0.29) is 33.6 Å². The van der Waals surface area contributed by atoms with Crippen LogP contribution < -0.4 is 4.74 Å². The minimum atomic E-state index is -1.18. The third kappa shape index (κ3) is 1.86. The lowest BCUT2D eigenvalue weighted by atomic mass is 10.0. The van der Waals surface area contributed by atoms with Gasteiger partial charge >= 0.3 is 5.97 Å². The second kappa shape index (κ2) is 3.96. The van der Waals surface area contributed by atoms with E-state index in [1.54, 1.807) is 0 Å². The maximum absolute atomic E-state index is 11.6. The summed E-state index contributed by atoms with van der Waals surface area (Å²) < 4.78 is 5.14. The second-order valence-corrected chi connectivity index (χ2v) is 4.15. The van der Waals surface area contributed by atoms with Crippen molar-refractivity contribution in [3.8, 4) is 5.75 Å². The Bertz CT molecular complexity index is 484. The molecule has 0 radical (unpaired) electrons. The number of Topliss-reactive ketones (excluding diaryl/α,β-unsaturated/α-hetero) is 1. The summed E-state index contributed by atoms with van der Waals surface area (Å²) in [4.78, 5) is 22.3. The van der Waals surface area contributed by atoms with Crippen molar-refractivity contribution >= 4 is 35.0 Å². The lowest BCUT2D eigenvalue weighted by Crippen LogP contribution is -2.33. The molecule has 1 atom stereocenters. The highest BCUT2D eigenvalue weighted by atomic mass is 35.5. The van der Waals surface area contributed by atoms with E-state index in [1.807, 2.05) is 0 Å². The molecule has 0 saturated heterocycles. The fourth-order valence-corrected chi connectivity index (χ4v) is 1.77. The van der Waals surface area contributed by atoms with Crippen molar-refractivity contribution < 1.29 is 19.4 Å². The van der Waals surface area contributed by atoms with Gasteiger partial charge in [0.1, 0.15) is 5.75 Å². The van der Waals surface area contributed by atoms with E-state index in [9.17, 15) is 9.59 Å². The minimum Gasteiger partial charge on any atom is -0.478 e. The molecule has 0 saturated carbocycles. The van der Waals surface area contributed by atoms with Gasteiger partial charge in [-0.25, -0.2) is 4.79 Å². The van der Waals surface area contributed by atoms with Crippen molar-refractivity contribution in [3.63, 3.8) is 0 Å². The van der Waals surface area contributed by atoms with Gasteiger partial charge < -0.3 is 9.84 Å². The highest BCUT2D eigenvalue weighted by molar-refractivity contribution is 6.42. The molecule has 4 nitrogen and oxygen atoms in total. The van der Waals surface area contributed by atoms with Gasteiger partial charge in [-0.2, -0.15) is 0 Å². The number of benzene rings is 1. The Kier molecular flexibility index (Phi) is 2.78. The number of carboxylic acids is 1. The molecule has 1 aromatic carbocycles. The Balaban J connectivity index is 2.46. The lowest BCUT2D eigenvalue weighted by molar-refractivity contribution is -0.145. The molecule has 2 rings (SSSR count). The maximum atomic E-state index is 11.6. The average Bonchev–Trinajstić information content (AvgIpc) is 2.20. The summed E-state index contributed by atoms with van der Waals surface area (Å²) in [6, 6.07) is 2.74. The molecule has 16 heavy (non-hydrogen) atoms. The first-order chi connectivity index (χ1) is 7.49. The summed E-state index contributed by atoms with van der Waals surface area (Å²) in [5.74, 6) is -1.32. The normalized spacial score (nSPS) is 18.9. The number of carboxylic acid groups (broad SMARTS) is 1. The predicted octanol–water partition coefficient (Wildman–Crippen LogP) is 2.41. The quantitative estimate of drug-likeness (QED) is 0.843. The molecule has 0 spiro atoms. The van der Waals surface area contributed by atoms with Crippen LogP contribution in [0.5, 0.6) is 5.75 Å². The minimum absolute atomic E-state index is 0.165. The molecule has 1 heterocycles. The molecule has 1 N–H and O–H groups in total. The van der Waals surface area contributed by atoms with Gasteiger partial charge in [0.2, 0.25) is 6.10 Å². The van der Waals surface area contributed by atoms with Gasteiger partial charge in [0, 0.05) is 6.07 Å². The van der Waals surface area contributed by atoms with Crippen molar-refractivity contribution in [3.05, 3.63) is 27.7 Å². The second-order valence-electron chi connectivity index (χ2n) is 3.33. The monoisotopic (exact) mass is 260 g/mol. The van der Waals surface area contributed by atoms with Crippen LogP contribution in [0, 0.1) is 0 Å². The number of fused-ring (bicyclic) bond motifs is 1. The van der Waals surface area contributed by atoms with E-state index in [0.717, 1.165) is 0 Å². The van der Waals surface area contributed by atoms with E-state index < -0.39 is 12.1 Å². The zero-order valence-corrected chi connectivity index (χ0v) is 9.38. The Labute approximate surface area is 101 Å². The summed E-state index contributed by atoms with van der Waals surface area (Å²) in [6.07, 6.45) is -1.35. The van der Waals surface area contributed by atoms with Crippen LogP contribution in [0.3, 0.4) is 0 Å². The average molecular weight is 261 g/mol. The van der Waals surface area contributed by atoms with Crippen LogP contribution in [0.25, 0.3) is 0 Å². The number of ether oxygens (including phenoxy) is 1. The van der Waals surface area contributed by atoms with Gasteiger partial charge in [-0.3, -0.25) is 4.79 Å². The molecule has 0 fully saturated rings. The topological polar surface area (TPSA) is 63.6 Å². The zero-order chi connectivity index (χ0) is 11.9. The number of carbonyl (C=O) groups excluding carboxylic acids is 1. The third-order valence-electron chi connectivity index (χ3n) is 2.24. The zero-order valence-electron chi connectivity index (χ0n) is 7.87. The molecule has 6 heteroatoms. The van der Waals surface area contributed by atoms with Crippen LogP contribution in [0.1, 0.15) is 16.8 Å². The first kappa shape index (κ1) is 11.2. The highest BCUT2D eigenvalue weighted by Gasteiger charge is 2.31. The van der Waals surface area contributed by atoms with Crippen LogP contribution in [0.4, 0.5) is 0 Å². The molecule has 1 aliphatic rings. The number of ketones is 1. The van der Waals surface area contributed by atoms with Gasteiger partial charge in [-0.1, -0.05) is 23.2 Å². The van der Waals surface area contributed by atoms with Crippen LogP contribution in [0.2, 0.25) is 10.0 Å². The van der Waals surface area contributed by atoms with Gasteiger partial charge in [0.25, 0.3) is 0 Å². The lowest BCUT2D eigenvalue weighted by Gasteiger charge is -2.22. The van der Waals surface area contributed by atoms with Crippen LogP contribution >= 0.6 is 23.2 Å². The molecule has 0 unspecified atom stereocenters. The van der Waals surface area contributed by atoms with Gasteiger partial charge in [-0.05, 0) is 6.07 Å². The molecular weight excluding hydrogens is 255 g/mol. The van der Waals surface area contributed by atoms with Crippen molar-refractivity contribution in [2.45, 2.75) is 12.5 Å². The van der Waals surface area contributed by atoms with Gasteiger partial charge in [-0.15, -0.1) is 0 Å². The number of hydrogen-bond donors (Lipinski definition) is 1. The smallest absolute Gasteiger partial charge is 0.345 e. The molecule has 0 aromatic heterocycles. The molecular formula is C10H6Cl2O4. The van der Waals surface area contributed by atoms with Crippen molar-refractivity contribution in [2.75, 3.05) is 0 Å². The van der Waals surface area contributed by atoms with Crippen LogP contribution in [0.15, 0.2) is 12.1 Å². The largest absolute Gasteiger partial charge is 0.478 e. The molecule has 1 aliphatic heterocycles. The number of carbonyl (C=O) groups is 2. The maximum Gasteiger partial charge on any atom is 0.345 e. The van der Waals surface area contributed by atoms with E-state index >= 15 is 0 Å². The summed E-state index contributed by atoms with van der Waals surface area (Å²) in [5.41, 5.74) is 0.270. The number of rotatable bonds is 1. The Morgan fingerprint density at radius 2 is 2.00 bits per heavy atom. The van der Waals surface area contributed by atoms with Crippen molar-refractivity contribution in [1.82, 2.24) is 0 Å². The Morgan fingerprint density at radius 1 is 1.38 bits per heavy atom. The number of aliphatic carboxylic acids is 1. The standard InChI is InChI=1S/C10H6Cl2O4/c11-5-1-4-7(13)3-9(10(14)15)16-8(4)2-6(5)12/h1-2,9H,3H2,(H,14,15)/t9-/m1/s1. The van der Waals surface area contributed by atoms with Crippen LogP contribution in [-0.4, -0.2) is 23.0 Å². The summed E-state index contributed by atoms with van der Waals surface area (Å²) in [7, 11) is 0. The fourth-order valence-electron chi connectivity index (χ4n) is 1.45. The van der Waals surface area contributed by atoms with E-state index in [1.165, 1.54) is 12.1 Å². The fraction of sp³-hybridized carbons (Fsp3) is 0.200. The number of hydrogen-bond acceptors (Lipinski definition) is 3. The van der Waals surface area contributed by atoms with E-state index in [0.29, 0.717) is 0 Å². The molecule has 0 aliphatic carbocycles. The SMILES string of the molecule is O=C1C[C@H](C(=O)O)Oc2cc(Cl)c(Cl)cc21. The number of halogens is 2. The summed E-state index contributed by atoms with van der Waals surface area (Å²) in [5, 5.41) is 9.23. The molecule has 84 valence electrons. The highest BCUT2D eigenvalue weighted by Crippen LogP contribution is 2.35. The molecule has 0 amide bonds. The first-order valence-corrected chi connectivity index (χ1v) is 5.16. The molecule has 1 aromatic rings. The van der Waals surface area contributed by atoms with Crippen molar-refractivity contribution in [1.29, 1.82) is 0 Å². The van der Waals surface area contributed by atoms with E-state index in [4.69, 9.17) is 33.0 Å².